The number of benzene rings is 1. The van der Waals surface area contributed by atoms with Crippen LogP contribution in [0.3, 0.4) is 0 Å². The zero-order valence-electron chi connectivity index (χ0n) is 12.9. The van der Waals surface area contributed by atoms with Gasteiger partial charge in [0.1, 0.15) is 0 Å². The number of carbonyl (C=O) groups is 1. The van der Waals surface area contributed by atoms with E-state index in [1.807, 2.05) is 24.4 Å². The second kappa shape index (κ2) is 5.92. The fourth-order valence-corrected chi connectivity index (χ4v) is 3.79. The molecule has 1 aliphatic carbocycles. The van der Waals surface area contributed by atoms with Crippen LogP contribution in [0.5, 0.6) is 0 Å². The number of rotatable bonds is 3. The molecule has 1 aliphatic rings. The summed E-state index contributed by atoms with van der Waals surface area (Å²) in [6.45, 7) is 4.57. The smallest absolute Gasteiger partial charge is 0.224 e. The van der Waals surface area contributed by atoms with Crippen LogP contribution in [-0.2, 0) is 11.2 Å². The summed E-state index contributed by atoms with van der Waals surface area (Å²) in [6, 6.07) is 8.48. The predicted octanol–water partition coefficient (Wildman–Crippen LogP) is 3.65. The number of para-hydroxylation sites is 1. The van der Waals surface area contributed by atoms with Gasteiger partial charge >= 0.3 is 0 Å². The first-order chi connectivity index (χ1) is 10.1. The third kappa shape index (κ3) is 3.29. The van der Waals surface area contributed by atoms with E-state index in [9.17, 15) is 4.79 Å². The Labute approximate surface area is 126 Å². The van der Waals surface area contributed by atoms with E-state index in [4.69, 9.17) is 0 Å². The number of aromatic amines is 1. The van der Waals surface area contributed by atoms with Crippen LogP contribution < -0.4 is 5.32 Å². The van der Waals surface area contributed by atoms with Crippen molar-refractivity contribution in [1.29, 1.82) is 0 Å². The third-order valence-electron chi connectivity index (χ3n) is 4.57. The van der Waals surface area contributed by atoms with Crippen LogP contribution in [0.25, 0.3) is 10.9 Å². The average Bonchev–Trinajstić information content (AvgIpc) is 2.81. The summed E-state index contributed by atoms with van der Waals surface area (Å²) < 4.78 is 0. The fourth-order valence-electron chi connectivity index (χ4n) is 3.79. The maximum absolute atomic E-state index is 12.3. The minimum Gasteiger partial charge on any atom is -0.361 e. The molecule has 0 radical (unpaired) electrons. The zero-order chi connectivity index (χ0) is 14.8. The van der Waals surface area contributed by atoms with Crippen LogP contribution in [0.1, 0.15) is 38.7 Å². The Morgan fingerprint density at radius 2 is 1.90 bits per heavy atom. The monoisotopic (exact) mass is 284 g/mol. The second-order valence-electron chi connectivity index (χ2n) is 6.72. The summed E-state index contributed by atoms with van der Waals surface area (Å²) in [5, 5.41) is 4.38. The number of fused-ring (bicyclic) bond motifs is 1. The number of hydrogen-bond acceptors (Lipinski definition) is 1. The molecular weight excluding hydrogens is 260 g/mol. The number of amides is 1. The Bertz CT molecular complexity index is 621. The molecule has 0 spiro atoms. The molecule has 1 aromatic heterocycles. The Balaban J connectivity index is 1.64. The van der Waals surface area contributed by atoms with Crippen LogP contribution in [0.2, 0.25) is 0 Å². The van der Waals surface area contributed by atoms with Crippen molar-refractivity contribution in [3.05, 3.63) is 36.0 Å². The summed E-state index contributed by atoms with van der Waals surface area (Å²) in [6.07, 6.45) is 5.93. The van der Waals surface area contributed by atoms with Crippen molar-refractivity contribution >= 4 is 16.8 Å². The maximum atomic E-state index is 12.3. The van der Waals surface area contributed by atoms with Crippen molar-refractivity contribution < 1.29 is 4.79 Å². The van der Waals surface area contributed by atoms with Gasteiger partial charge in [0, 0.05) is 23.1 Å². The molecule has 1 heterocycles. The summed E-state index contributed by atoms with van der Waals surface area (Å²) >= 11 is 0. The summed E-state index contributed by atoms with van der Waals surface area (Å²) in [5.41, 5.74) is 2.18. The van der Waals surface area contributed by atoms with E-state index in [2.05, 4.69) is 30.2 Å². The van der Waals surface area contributed by atoms with Crippen LogP contribution in [-0.4, -0.2) is 16.9 Å². The number of hydrogen-bond donors (Lipinski definition) is 2. The molecule has 1 aromatic carbocycles. The fraction of sp³-hybridized carbons (Fsp3) is 0.500. The van der Waals surface area contributed by atoms with Crippen molar-refractivity contribution in [2.45, 2.75) is 45.6 Å². The van der Waals surface area contributed by atoms with Crippen molar-refractivity contribution in [2.24, 2.45) is 11.8 Å². The van der Waals surface area contributed by atoms with E-state index in [1.54, 1.807) is 0 Å². The number of H-pyrrole nitrogens is 1. The van der Waals surface area contributed by atoms with Gasteiger partial charge in [-0.25, -0.2) is 0 Å². The standard InChI is InChI=1S/C18H24N2O/c1-12-7-13(2)9-15(8-12)20-18(21)10-14-11-19-17-6-4-3-5-16(14)17/h3-6,11-13,15,19H,7-10H2,1-2H3,(H,20,21). The Morgan fingerprint density at radius 3 is 2.67 bits per heavy atom. The number of nitrogens with one attached hydrogen (secondary N) is 2. The van der Waals surface area contributed by atoms with E-state index in [1.165, 1.54) is 6.42 Å². The molecule has 0 bridgehead atoms. The topological polar surface area (TPSA) is 44.9 Å². The molecule has 2 atom stereocenters. The quantitative estimate of drug-likeness (QED) is 0.888. The highest BCUT2D eigenvalue weighted by molar-refractivity contribution is 5.88. The summed E-state index contributed by atoms with van der Waals surface area (Å²) in [5.74, 6) is 1.57. The van der Waals surface area contributed by atoms with Gasteiger partial charge in [-0.05, 0) is 42.7 Å². The lowest BCUT2D eigenvalue weighted by Crippen LogP contribution is -2.40. The van der Waals surface area contributed by atoms with E-state index in [0.29, 0.717) is 24.3 Å². The van der Waals surface area contributed by atoms with Crippen LogP contribution in [0, 0.1) is 11.8 Å². The Hall–Kier alpha value is -1.77. The highest BCUT2D eigenvalue weighted by Crippen LogP contribution is 2.28. The molecule has 0 saturated heterocycles. The van der Waals surface area contributed by atoms with Gasteiger partial charge in [-0.15, -0.1) is 0 Å². The molecule has 1 fully saturated rings. The minimum absolute atomic E-state index is 0.144. The van der Waals surface area contributed by atoms with Gasteiger partial charge in [-0.1, -0.05) is 32.0 Å². The normalized spacial score (nSPS) is 25.9. The number of aromatic nitrogens is 1. The lowest BCUT2D eigenvalue weighted by Gasteiger charge is -2.31. The van der Waals surface area contributed by atoms with Gasteiger partial charge in [0.15, 0.2) is 0 Å². The van der Waals surface area contributed by atoms with Gasteiger partial charge in [-0.2, -0.15) is 0 Å². The number of carbonyl (C=O) groups excluding carboxylic acids is 1. The molecule has 1 amide bonds. The molecule has 3 heteroatoms. The van der Waals surface area contributed by atoms with E-state index < -0.39 is 0 Å². The molecular formula is C18H24N2O. The van der Waals surface area contributed by atoms with Crippen molar-refractivity contribution in [3.8, 4) is 0 Å². The van der Waals surface area contributed by atoms with Crippen LogP contribution >= 0.6 is 0 Å². The van der Waals surface area contributed by atoms with Gasteiger partial charge in [0.25, 0.3) is 0 Å². The van der Waals surface area contributed by atoms with Crippen LogP contribution in [0.4, 0.5) is 0 Å². The lowest BCUT2D eigenvalue weighted by molar-refractivity contribution is -0.121. The van der Waals surface area contributed by atoms with Gasteiger partial charge in [-0.3, -0.25) is 4.79 Å². The first-order valence-corrected chi connectivity index (χ1v) is 7.96. The molecule has 3 rings (SSSR count). The predicted molar refractivity (Wildman–Crippen MR) is 86.1 cm³/mol. The molecule has 21 heavy (non-hydrogen) atoms. The average molecular weight is 284 g/mol. The molecule has 2 unspecified atom stereocenters. The van der Waals surface area contributed by atoms with E-state index in [0.717, 1.165) is 29.3 Å². The van der Waals surface area contributed by atoms with E-state index >= 15 is 0 Å². The van der Waals surface area contributed by atoms with E-state index in [-0.39, 0.29) is 5.91 Å². The molecule has 2 N–H and O–H groups in total. The van der Waals surface area contributed by atoms with Crippen molar-refractivity contribution in [2.75, 3.05) is 0 Å². The molecule has 2 aromatic rings. The summed E-state index contributed by atoms with van der Waals surface area (Å²) in [7, 11) is 0. The third-order valence-corrected chi connectivity index (χ3v) is 4.57. The largest absolute Gasteiger partial charge is 0.361 e. The second-order valence-corrected chi connectivity index (χ2v) is 6.72. The molecule has 3 nitrogen and oxygen atoms in total. The first-order valence-electron chi connectivity index (χ1n) is 7.96. The van der Waals surface area contributed by atoms with Crippen molar-refractivity contribution in [1.82, 2.24) is 10.3 Å². The van der Waals surface area contributed by atoms with Gasteiger partial charge in [0.2, 0.25) is 5.91 Å². The highest BCUT2D eigenvalue weighted by Gasteiger charge is 2.25. The van der Waals surface area contributed by atoms with Crippen LogP contribution in [0.15, 0.2) is 30.5 Å². The first kappa shape index (κ1) is 14.2. The molecule has 1 saturated carbocycles. The van der Waals surface area contributed by atoms with Gasteiger partial charge < -0.3 is 10.3 Å². The highest BCUT2D eigenvalue weighted by atomic mass is 16.1. The summed E-state index contributed by atoms with van der Waals surface area (Å²) in [4.78, 5) is 15.5. The zero-order valence-corrected chi connectivity index (χ0v) is 12.9. The molecule has 112 valence electrons. The molecule has 0 aliphatic heterocycles. The van der Waals surface area contributed by atoms with Crippen molar-refractivity contribution in [3.63, 3.8) is 0 Å². The lowest BCUT2D eigenvalue weighted by atomic mass is 9.80. The minimum atomic E-state index is 0.144. The Morgan fingerprint density at radius 1 is 1.19 bits per heavy atom. The Kier molecular flexibility index (Phi) is 4.00. The SMILES string of the molecule is CC1CC(C)CC(NC(=O)Cc2c[nH]c3ccccc23)C1. The maximum Gasteiger partial charge on any atom is 0.224 e. The van der Waals surface area contributed by atoms with Gasteiger partial charge in [0.05, 0.1) is 6.42 Å².